The van der Waals surface area contributed by atoms with E-state index in [1.165, 1.54) is 6.92 Å². The van der Waals surface area contributed by atoms with Crippen LogP contribution in [0, 0.1) is 0 Å². The maximum Gasteiger partial charge on any atom is 0.227 e. The molecule has 0 aliphatic carbocycles. The van der Waals surface area contributed by atoms with E-state index in [4.69, 9.17) is 4.74 Å². The van der Waals surface area contributed by atoms with Crippen molar-refractivity contribution >= 4 is 17.5 Å². The minimum absolute atomic E-state index is 0.103. The van der Waals surface area contributed by atoms with E-state index < -0.39 is 0 Å². The molecule has 1 aliphatic rings. The van der Waals surface area contributed by atoms with Gasteiger partial charge in [-0.25, -0.2) is 0 Å². The van der Waals surface area contributed by atoms with Gasteiger partial charge in [0.05, 0.1) is 24.9 Å². The van der Waals surface area contributed by atoms with Crippen molar-refractivity contribution in [2.75, 3.05) is 25.5 Å². The van der Waals surface area contributed by atoms with E-state index in [0.717, 1.165) is 53.3 Å². The molecule has 3 aromatic rings. The predicted octanol–water partition coefficient (Wildman–Crippen LogP) is 4.06. The molecule has 1 fully saturated rings. The van der Waals surface area contributed by atoms with Crippen LogP contribution in [0.15, 0.2) is 60.9 Å². The molecule has 170 valence electrons. The van der Waals surface area contributed by atoms with Gasteiger partial charge in [-0.2, -0.15) is 0 Å². The Morgan fingerprint density at radius 2 is 1.91 bits per heavy atom. The lowest BCUT2D eigenvalue weighted by atomic mass is 9.91. The van der Waals surface area contributed by atoms with Gasteiger partial charge in [-0.3, -0.25) is 19.6 Å². The van der Waals surface area contributed by atoms with E-state index in [-0.39, 0.29) is 17.7 Å². The molecule has 7 nitrogen and oxygen atoms in total. The SMILES string of the molecule is COc1ccc(CC(=O)N2CCC[C@@H](c3nccnc3-c3cccc(NC(C)=O)c3)C2)cc1. The molecule has 33 heavy (non-hydrogen) atoms. The fourth-order valence-corrected chi connectivity index (χ4v) is 4.27. The summed E-state index contributed by atoms with van der Waals surface area (Å²) in [6.45, 7) is 2.85. The molecule has 7 heteroatoms. The van der Waals surface area contributed by atoms with Crippen LogP contribution in [0.5, 0.6) is 5.75 Å². The summed E-state index contributed by atoms with van der Waals surface area (Å²) in [5, 5.41) is 2.82. The van der Waals surface area contributed by atoms with Crippen LogP contribution in [-0.2, 0) is 16.0 Å². The zero-order valence-corrected chi connectivity index (χ0v) is 19.0. The third-order valence-corrected chi connectivity index (χ3v) is 5.86. The number of nitrogens with one attached hydrogen (secondary N) is 1. The van der Waals surface area contributed by atoms with Gasteiger partial charge in [0.15, 0.2) is 0 Å². The lowest BCUT2D eigenvalue weighted by Gasteiger charge is -2.33. The first-order chi connectivity index (χ1) is 16.0. The van der Waals surface area contributed by atoms with Gasteiger partial charge in [0.2, 0.25) is 11.8 Å². The minimum Gasteiger partial charge on any atom is -0.497 e. The summed E-state index contributed by atoms with van der Waals surface area (Å²) in [7, 11) is 1.63. The van der Waals surface area contributed by atoms with E-state index in [2.05, 4.69) is 15.3 Å². The van der Waals surface area contributed by atoms with Gasteiger partial charge in [-0.1, -0.05) is 24.3 Å². The largest absolute Gasteiger partial charge is 0.497 e. The van der Waals surface area contributed by atoms with Crippen molar-refractivity contribution in [3.63, 3.8) is 0 Å². The highest BCUT2D eigenvalue weighted by molar-refractivity contribution is 5.89. The first-order valence-electron chi connectivity index (χ1n) is 11.1. The van der Waals surface area contributed by atoms with Crippen LogP contribution in [-0.4, -0.2) is 46.9 Å². The van der Waals surface area contributed by atoms with E-state index in [1.807, 2.05) is 53.4 Å². The van der Waals surface area contributed by atoms with Crippen molar-refractivity contribution in [3.8, 4) is 17.0 Å². The fraction of sp³-hybridized carbons (Fsp3) is 0.308. The number of amides is 2. The van der Waals surface area contributed by atoms with Gasteiger partial charge in [-0.15, -0.1) is 0 Å². The second-order valence-corrected chi connectivity index (χ2v) is 8.26. The second-order valence-electron chi connectivity index (χ2n) is 8.26. The second kappa shape index (κ2) is 10.3. The van der Waals surface area contributed by atoms with E-state index in [1.54, 1.807) is 19.5 Å². The number of methoxy groups -OCH3 is 1. The van der Waals surface area contributed by atoms with Crippen molar-refractivity contribution in [2.45, 2.75) is 32.1 Å². The molecule has 2 aromatic carbocycles. The third kappa shape index (κ3) is 5.55. The molecule has 1 aliphatic heterocycles. The van der Waals surface area contributed by atoms with Gasteiger partial charge in [0.25, 0.3) is 0 Å². The highest BCUT2D eigenvalue weighted by Crippen LogP contribution is 2.33. The van der Waals surface area contributed by atoms with Crippen molar-refractivity contribution in [2.24, 2.45) is 0 Å². The lowest BCUT2D eigenvalue weighted by molar-refractivity contribution is -0.131. The normalized spacial score (nSPS) is 15.7. The molecule has 0 radical (unpaired) electrons. The number of carbonyl (C=O) groups is 2. The number of hydrogen-bond donors (Lipinski definition) is 1. The average molecular weight is 445 g/mol. The number of nitrogens with zero attached hydrogens (tertiary/aromatic N) is 3. The predicted molar refractivity (Wildman–Crippen MR) is 127 cm³/mol. The van der Waals surface area contributed by atoms with E-state index in [0.29, 0.717) is 13.0 Å². The first-order valence-corrected chi connectivity index (χ1v) is 11.1. The molecule has 4 rings (SSSR count). The highest BCUT2D eigenvalue weighted by atomic mass is 16.5. The molecule has 0 bridgehead atoms. The number of ether oxygens (including phenoxy) is 1. The molecular formula is C26H28N4O3. The van der Waals surface area contributed by atoms with E-state index in [9.17, 15) is 9.59 Å². The standard InChI is InChI=1S/C26H28N4O3/c1-18(31)29-22-7-3-5-20(16-22)25-26(28-13-12-27-25)21-6-4-14-30(17-21)24(32)15-19-8-10-23(33-2)11-9-19/h3,5,7-13,16,21H,4,6,14-15,17H2,1-2H3,(H,29,31)/t21-/m1/s1. The number of carbonyl (C=O) groups excluding carboxylic acids is 2. The Kier molecular flexibility index (Phi) is 6.98. The van der Waals surface area contributed by atoms with Crippen molar-refractivity contribution in [3.05, 3.63) is 72.2 Å². The van der Waals surface area contributed by atoms with Crippen LogP contribution in [0.2, 0.25) is 0 Å². The smallest absolute Gasteiger partial charge is 0.227 e. The maximum atomic E-state index is 13.0. The molecular weight excluding hydrogens is 416 g/mol. The Hall–Kier alpha value is -3.74. The quantitative estimate of drug-likeness (QED) is 0.620. The topological polar surface area (TPSA) is 84.4 Å². The Morgan fingerprint density at radius 1 is 1.12 bits per heavy atom. The monoisotopic (exact) mass is 444 g/mol. The minimum atomic E-state index is -0.121. The Balaban J connectivity index is 1.51. The van der Waals surface area contributed by atoms with E-state index >= 15 is 0 Å². The first kappa shape index (κ1) is 22.5. The zero-order valence-electron chi connectivity index (χ0n) is 19.0. The molecule has 2 amide bonds. The number of aromatic nitrogens is 2. The number of piperidine rings is 1. The summed E-state index contributed by atoms with van der Waals surface area (Å²) < 4.78 is 5.20. The van der Waals surface area contributed by atoms with Crippen LogP contribution in [0.4, 0.5) is 5.69 Å². The summed E-state index contributed by atoms with van der Waals surface area (Å²) in [6.07, 6.45) is 5.61. The summed E-state index contributed by atoms with van der Waals surface area (Å²) >= 11 is 0. The summed E-state index contributed by atoms with van der Waals surface area (Å²) in [4.78, 5) is 35.7. The Labute approximate surface area is 193 Å². The molecule has 2 heterocycles. The van der Waals surface area contributed by atoms with Crippen LogP contribution in [0.25, 0.3) is 11.3 Å². The third-order valence-electron chi connectivity index (χ3n) is 5.86. The number of anilines is 1. The van der Waals surface area contributed by atoms with Crippen LogP contribution in [0.1, 0.15) is 36.9 Å². The fourth-order valence-electron chi connectivity index (χ4n) is 4.27. The van der Waals surface area contributed by atoms with Gasteiger partial charge < -0.3 is 15.0 Å². The maximum absolute atomic E-state index is 13.0. The average Bonchev–Trinajstić information content (AvgIpc) is 2.84. The summed E-state index contributed by atoms with van der Waals surface area (Å²) in [5.74, 6) is 0.876. The number of rotatable bonds is 6. The molecule has 0 saturated carbocycles. The van der Waals surface area contributed by atoms with Gasteiger partial charge >= 0.3 is 0 Å². The van der Waals surface area contributed by atoms with Crippen LogP contribution in [0.3, 0.4) is 0 Å². The van der Waals surface area contributed by atoms with Gasteiger partial charge in [0, 0.05) is 49.6 Å². The molecule has 1 saturated heterocycles. The lowest BCUT2D eigenvalue weighted by Crippen LogP contribution is -2.40. The molecule has 1 atom stereocenters. The zero-order chi connectivity index (χ0) is 23.2. The van der Waals surface area contributed by atoms with Crippen molar-refractivity contribution in [1.29, 1.82) is 0 Å². The van der Waals surface area contributed by atoms with Gasteiger partial charge in [0.1, 0.15) is 5.75 Å². The highest BCUT2D eigenvalue weighted by Gasteiger charge is 2.28. The van der Waals surface area contributed by atoms with Crippen molar-refractivity contribution < 1.29 is 14.3 Å². The van der Waals surface area contributed by atoms with Gasteiger partial charge in [-0.05, 0) is 42.7 Å². The Morgan fingerprint density at radius 3 is 2.67 bits per heavy atom. The molecule has 1 N–H and O–H groups in total. The summed E-state index contributed by atoms with van der Waals surface area (Å²) in [6, 6.07) is 15.2. The number of hydrogen-bond acceptors (Lipinski definition) is 5. The number of likely N-dealkylation sites (tertiary alicyclic amines) is 1. The molecule has 1 aromatic heterocycles. The number of benzene rings is 2. The van der Waals surface area contributed by atoms with Crippen LogP contribution < -0.4 is 10.1 Å². The molecule has 0 spiro atoms. The Bertz CT molecular complexity index is 1130. The molecule has 0 unspecified atom stereocenters. The van der Waals surface area contributed by atoms with Crippen LogP contribution >= 0.6 is 0 Å². The van der Waals surface area contributed by atoms with Crippen molar-refractivity contribution in [1.82, 2.24) is 14.9 Å². The summed E-state index contributed by atoms with van der Waals surface area (Å²) in [5.41, 5.74) is 4.26.